The van der Waals surface area contributed by atoms with Gasteiger partial charge in [-0.1, -0.05) is 28.1 Å². The van der Waals surface area contributed by atoms with E-state index in [0.717, 1.165) is 23.4 Å². The molecule has 2 fully saturated rings. The molecule has 104 valence electrons. The standard InChI is InChI=1S/C16H22BrNO/c1-11(10-12-2-6-14(17)7-3-12)18-15-8-9-19-16(15)13-4-5-13/h2-3,6-7,11,13,15-16,18H,4-5,8-10H2,1H3. The van der Waals surface area contributed by atoms with Crippen LogP contribution >= 0.6 is 15.9 Å². The second-order valence-electron chi connectivity index (χ2n) is 5.97. The Morgan fingerprint density at radius 1 is 1.26 bits per heavy atom. The van der Waals surface area contributed by atoms with E-state index in [1.54, 1.807) is 0 Å². The molecule has 1 saturated carbocycles. The Kier molecular flexibility index (Phi) is 4.25. The normalized spacial score (nSPS) is 28.5. The van der Waals surface area contributed by atoms with Gasteiger partial charge < -0.3 is 10.1 Å². The van der Waals surface area contributed by atoms with Gasteiger partial charge in [-0.15, -0.1) is 0 Å². The Labute approximate surface area is 124 Å². The number of nitrogens with one attached hydrogen (secondary N) is 1. The highest BCUT2D eigenvalue weighted by atomic mass is 79.9. The van der Waals surface area contributed by atoms with Crippen molar-refractivity contribution in [2.45, 2.75) is 50.8 Å². The molecule has 3 unspecified atom stereocenters. The van der Waals surface area contributed by atoms with Crippen LogP contribution in [-0.4, -0.2) is 24.8 Å². The van der Waals surface area contributed by atoms with Crippen molar-refractivity contribution >= 4 is 15.9 Å². The Morgan fingerprint density at radius 2 is 2.00 bits per heavy atom. The monoisotopic (exact) mass is 323 g/mol. The van der Waals surface area contributed by atoms with Gasteiger partial charge in [0.25, 0.3) is 0 Å². The number of hydrogen-bond donors (Lipinski definition) is 1. The van der Waals surface area contributed by atoms with Crippen molar-refractivity contribution in [3.8, 4) is 0 Å². The minimum absolute atomic E-state index is 0.479. The summed E-state index contributed by atoms with van der Waals surface area (Å²) in [6, 6.07) is 9.71. The predicted molar refractivity (Wildman–Crippen MR) is 81.3 cm³/mol. The maximum absolute atomic E-state index is 5.89. The second kappa shape index (κ2) is 5.94. The molecule has 1 saturated heterocycles. The molecule has 0 bridgehead atoms. The molecule has 0 radical (unpaired) electrons. The maximum Gasteiger partial charge on any atom is 0.0757 e. The van der Waals surface area contributed by atoms with Crippen LogP contribution < -0.4 is 5.32 Å². The van der Waals surface area contributed by atoms with Crippen LogP contribution in [0.3, 0.4) is 0 Å². The first kappa shape index (κ1) is 13.6. The topological polar surface area (TPSA) is 21.3 Å². The van der Waals surface area contributed by atoms with E-state index >= 15 is 0 Å². The second-order valence-corrected chi connectivity index (χ2v) is 6.88. The third-order valence-electron chi connectivity index (χ3n) is 4.18. The van der Waals surface area contributed by atoms with Crippen molar-refractivity contribution in [2.24, 2.45) is 5.92 Å². The molecular formula is C16H22BrNO. The first-order valence-electron chi connectivity index (χ1n) is 7.34. The average molecular weight is 324 g/mol. The predicted octanol–water partition coefficient (Wildman–Crippen LogP) is 3.54. The molecule has 1 aromatic rings. The summed E-state index contributed by atoms with van der Waals surface area (Å²) < 4.78 is 7.04. The summed E-state index contributed by atoms with van der Waals surface area (Å²) in [5.74, 6) is 0.833. The molecule has 1 aromatic carbocycles. The molecule has 3 atom stereocenters. The molecule has 1 aliphatic heterocycles. The highest BCUT2D eigenvalue weighted by molar-refractivity contribution is 9.10. The van der Waals surface area contributed by atoms with Crippen LogP contribution in [0.4, 0.5) is 0 Å². The van der Waals surface area contributed by atoms with Crippen molar-refractivity contribution in [1.29, 1.82) is 0 Å². The quantitative estimate of drug-likeness (QED) is 0.894. The number of benzene rings is 1. The zero-order valence-corrected chi connectivity index (χ0v) is 13.0. The molecule has 0 aromatic heterocycles. The van der Waals surface area contributed by atoms with E-state index in [9.17, 15) is 0 Å². The van der Waals surface area contributed by atoms with Crippen LogP contribution in [0.15, 0.2) is 28.7 Å². The summed E-state index contributed by atoms with van der Waals surface area (Å²) in [5.41, 5.74) is 1.39. The Bertz CT molecular complexity index is 415. The first-order valence-corrected chi connectivity index (χ1v) is 8.14. The van der Waals surface area contributed by atoms with E-state index in [1.807, 2.05) is 0 Å². The Hall–Kier alpha value is -0.380. The molecule has 1 N–H and O–H groups in total. The molecule has 2 nitrogen and oxygen atoms in total. The van der Waals surface area contributed by atoms with Crippen LogP contribution in [0.2, 0.25) is 0 Å². The zero-order valence-electron chi connectivity index (χ0n) is 11.4. The Balaban J connectivity index is 1.52. The lowest BCUT2D eigenvalue weighted by atomic mass is 10.0. The van der Waals surface area contributed by atoms with E-state index in [-0.39, 0.29) is 0 Å². The van der Waals surface area contributed by atoms with Crippen LogP contribution in [-0.2, 0) is 11.2 Å². The van der Waals surface area contributed by atoms with E-state index < -0.39 is 0 Å². The third-order valence-corrected chi connectivity index (χ3v) is 4.70. The minimum Gasteiger partial charge on any atom is -0.376 e. The maximum atomic E-state index is 5.89. The fourth-order valence-corrected chi connectivity index (χ4v) is 3.34. The summed E-state index contributed by atoms with van der Waals surface area (Å²) in [4.78, 5) is 0. The van der Waals surface area contributed by atoms with Gasteiger partial charge in [0.05, 0.1) is 6.10 Å². The SMILES string of the molecule is CC(Cc1ccc(Br)cc1)NC1CCOC1C1CC1. The van der Waals surface area contributed by atoms with E-state index in [2.05, 4.69) is 52.4 Å². The van der Waals surface area contributed by atoms with Gasteiger partial charge in [0.2, 0.25) is 0 Å². The van der Waals surface area contributed by atoms with E-state index in [0.29, 0.717) is 18.2 Å². The molecule has 1 aliphatic carbocycles. The number of rotatable bonds is 5. The molecule has 19 heavy (non-hydrogen) atoms. The number of halogens is 1. The van der Waals surface area contributed by atoms with Crippen molar-refractivity contribution in [1.82, 2.24) is 5.32 Å². The van der Waals surface area contributed by atoms with Crippen molar-refractivity contribution in [3.05, 3.63) is 34.3 Å². The summed E-state index contributed by atoms with van der Waals surface area (Å²) in [6.07, 6.45) is 5.47. The van der Waals surface area contributed by atoms with Crippen LogP contribution in [0.25, 0.3) is 0 Å². The average Bonchev–Trinajstić information content (AvgIpc) is 3.13. The van der Waals surface area contributed by atoms with Gasteiger partial charge in [0, 0.05) is 23.2 Å². The molecule has 3 heteroatoms. The van der Waals surface area contributed by atoms with Crippen LogP contribution in [0, 0.1) is 5.92 Å². The highest BCUT2D eigenvalue weighted by Gasteiger charge is 2.40. The Morgan fingerprint density at radius 3 is 2.68 bits per heavy atom. The van der Waals surface area contributed by atoms with Crippen LogP contribution in [0.5, 0.6) is 0 Å². The smallest absolute Gasteiger partial charge is 0.0757 e. The minimum atomic E-state index is 0.479. The molecule has 3 rings (SSSR count). The van der Waals surface area contributed by atoms with Gasteiger partial charge in [-0.25, -0.2) is 0 Å². The van der Waals surface area contributed by atoms with Crippen molar-refractivity contribution in [3.63, 3.8) is 0 Å². The summed E-state index contributed by atoms with van der Waals surface area (Å²) >= 11 is 3.48. The van der Waals surface area contributed by atoms with Gasteiger partial charge in [-0.2, -0.15) is 0 Å². The van der Waals surface area contributed by atoms with E-state index in [1.165, 1.54) is 24.8 Å². The van der Waals surface area contributed by atoms with Gasteiger partial charge in [0.1, 0.15) is 0 Å². The summed E-state index contributed by atoms with van der Waals surface area (Å²) in [5, 5.41) is 3.78. The van der Waals surface area contributed by atoms with Crippen LogP contribution in [0.1, 0.15) is 31.7 Å². The molecule has 0 amide bonds. The highest BCUT2D eigenvalue weighted by Crippen LogP contribution is 2.38. The van der Waals surface area contributed by atoms with Crippen molar-refractivity contribution in [2.75, 3.05) is 6.61 Å². The van der Waals surface area contributed by atoms with Crippen molar-refractivity contribution < 1.29 is 4.74 Å². The molecule has 1 heterocycles. The van der Waals surface area contributed by atoms with E-state index in [4.69, 9.17) is 4.74 Å². The fourth-order valence-electron chi connectivity index (χ4n) is 3.08. The fraction of sp³-hybridized carbons (Fsp3) is 0.625. The molecule has 2 aliphatic rings. The van der Waals surface area contributed by atoms with Gasteiger partial charge in [-0.3, -0.25) is 0 Å². The summed E-state index contributed by atoms with van der Waals surface area (Å²) in [6.45, 7) is 3.22. The number of ether oxygens (including phenoxy) is 1. The van der Waals surface area contributed by atoms with Gasteiger partial charge in [-0.05, 0) is 56.2 Å². The zero-order chi connectivity index (χ0) is 13.2. The lowest BCUT2D eigenvalue weighted by Gasteiger charge is -2.24. The molecular weight excluding hydrogens is 302 g/mol. The first-order chi connectivity index (χ1) is 9.22. The molecule has 0 spiro atoms. The lowest BCUT2D eigenvalue weighted by molar-refractivity contribution is 0.0793. The third kappa shape index (κ3) is 3.59. The summed E-state index contributed by atoms with van der Waals surface area (Å²) in [7, 11) is 0. The van der Waals surface area contributed by atoms with Gasteiger partial charge >= 0.3 is 0 Å². The van der Waals surface area contributed by atoms with Gasteiger partial charge in [0.15, 0.2) is 0 Å². The number of hydrogen-bond acceptors (Lipinski definition) is 2. The largest absolute Gasteiger partial charge is 0.376 e. The lowest BCUT2D eigenvalue weighted by Crippen LogP contribution is -2.43.